The highest BCUT2D eigenvalue weighted by atomic mass is 16.5. The molecule has 2 fully saturated rings. The van der Waals surface area contributed by atoms with Gasteiger partial charge in [-0.1, -0.05) is 5.16 Å². The van der Waals surface area contributed by atoms with E-state index in [9.17, 15) is 5.11 Å². The van der Waals surface area contributed by atoms with Gasteiger partial charge < -0.3 is 14.9 Å². The first-order chi connectivity index (χ1) is 10.1. The van der Waals surface area contributed by atoms with Crippen molar-refractivity contribution in [2.24, 2.45) is 0 Å². The van der Waals surface area contributed by atoms with Crippen LogP contribution in [0.2, 0.25) is 0 Å². The Morgan fingerprint density at radius 2 is 2.00 bits per heavy atom. The van der Waals surface area contributed by atoms with E-state index in [2.05, 4.69) is 15.5 Å². The number of benzene rings is 1. The number of fused-ring (bicyclic) bond motifs is 2. The molecule has 0 amide bonds. The van der Waals surface area contributed by atoms with Gasteiger partial charge in [0.05, 0.1) is 5.92 Å². The van der Waals surface area contributed by atoms with Crippen molar-refractivity contribution < 1.29 is 9.63 Å². The van der Waals surface area contributed by atoms with Crippen LogP contribution in [-0.2, 0) is 0 Å². The van der Waals surface area contributed by atoms with Gasteiger partial charge in [-0.05, 0) is 56.4 Å². The molecule has 0 radical (unpaired) electrons. The topological polar surface area (TPSA) is 71.2 Å². The van der Waals surface area contributed by atoms with Crippen LogP contribution in [-0.4, -0.2) is 27.3 Å². The standard InChI is InChI=1S/C16H19N3O2/c1-8-5-10(6-9(2)14(8)20)15-18-16(21-19-15)12-7-11-3-4-13(12)17-11/h5-6,11-13,17,20H,3-4,7H2,1-2H3. The first-order valence-electron chi connectivity index (χ1n) is 7.52. The van der Waals surface area contributed by atoms with Gasteiger partial charge in [0.1, 0.15) is 5.75 Å². The van der Waals surface area contributed by atoms with E-state index in [0.29, 0.717) is 29.6 Å². The average Bonchev–Trinajstić information content (AvgIpc) is 3.18. The predicted octanol–water partition coefficient (Wildman–Crippen LogP) is 2.67. The van der Waals surface area contributed by atoms with E-state index in [0.717, 1.165) is 29.0 Å². The Morgan fingerprint density at radius 1 is 1.24 bits per heavy atom. The molecule has 1 aromatic carbocycles. The molecular formula is C16H19N3O2. The monoisotopic (exact) mass is 285 g/mol. The lowest BCUT2D eigenvalue weighted by molar-refractivity contribution is 0.329. The van der Waals surface area contributed by atoms with Crippen molar-refractivity contribution >= 4 is 0 Å². The van der Waals surface area contributed by atoms with E-state index < -0.39 is 0 Å². The number of aromatic nitrogens is 2. The Morgan fingerprint density at radius 3 is 2.62 bits per heavy atom. The smallest absolute Gasteiger partial charge is 0.231 e. The molecule has 0 spiro atoms. The summed E-state index contributed by atoms with van der Waals surface area (Å²) in [4.78, 5) is 4.59. The molecule has 2 saturated heterocycles. The minimum Gasteiger partial charge on any atom is -0.507 e. The highest BCUT2D eigenvalue weighted by molar-refractivity contribution is 5.60. The number of nitrogens with one attached hydrogen (secondary N) is 1. The highest BCUT2D eigenvalue weighted by Crippen LogP contribution is 2.39. The quantitative estimate of drug-likeness (QED) is 0.887. The molecule has 3 heterocycles. The number of hydrogen-bond acceptors (Lipinski definition) is 5. The molecule has 2 aliphatic heterocycles. The third-order valence-electron chi connectivity index (χ3n) is 4.81. The van der Waals surface area contributed by atoms with Gasteiger partial charge in [0, 0.05) is 17.6 Å². The van der Waals surface area contributed by atoms with Gasteiger partial charge in [0.15, 0.2) is 0 Å². The van der Waals surface area contributed by atoms with Crippen LogP contribution in [0, 0.1) is 13.8 Å². The molecule has 4 rings (SSSR count). The molecule has 2 N–H and O–H groups in total. The maximum atomic E-state index is 9.85. The van der Waals surface area contributed by atoms with E-state index in [1.165, 1.54) is 12.8 Å². The summed E-state index contributed by atoms with van der Waals surface area (Å²) >= 11 is 0. The van der Waals surface area contributed by atoms with Crippen LogP contribution >= 0.6 is 0 Å². The lowest BCUT2D eigenvalue weighted by atomic mass is 9.89. The lowest BCUT2D eigenvalue weighted by Gasteiger charge is -2.15. The Bertz CT molecular complexity index is 672. The zero-order valence-corrected chi connectivity index (χ0v) is 12.3. The number of hydrogen-bond donors (Lipinski definition) is 2. The van der Waals surface area contributed by atoms with E-state index >= 15 is 0 Å². The third kappa shape index (κ3) is 2.03. The van der Waals surface area contributed by atoms with Crippen LogP contribution in [0.5, 0.6) is 5.75 Å². The summed E-state index contributed by atoms with van der Waals surface area (Å²) in [5, 5.41) is 17.6. The summed E-state index contributed by atoms with van der Waals surface area (Å²) in [6.07, 6.45) is 3.56. The van der Waals surface area contributed by atoms with Crippen molar-refractivity contribution in [3.05, 3.63) is 29.2 Å². The number of phenolic OH excluding ortho intramolecular Hbond substituents is 1. The van der Waals surface area contributed by atoms with Gasteiger partial charge in [-0.3, -0.25) is 0 Å². The first-order valence-corrected chi connectivity index (χ1v) is 7.52. The maximum Gasteiger partial charge on any atom is 0.231 e. The summed E-state index contributed by atoms with van der Waals surface area (Å²) < 4.78 is 5.50. The molecule has 21 heavy (non-hydrogen) atoms. The molecule has 2 aliphatic rings. The second-order valence-corrected chi connectivity index (χ2v) is 6.30. The van der Waals surface area contributed by atoms with E-state index in [-0.39, 0.29) is 0 Å². The van der Waals surface area contributed by atoms with Crippen LogP contribution in [0.25, 0.3) is 11.4 Å². The van der Waals surface area contributed by atoms with E-state index in [4.69, 9.17) is 4.52 Å². The second-order valence-electron chi connectivity index (χ2n) is 6.30. The van der Waals surface area contributed by atoms with Crippen molar-refractivity contribution in [1.29, 1.82) is 0 Å². The lowest BCUT2D eigenvalue weighted by Crippen LogP contribution is -2.21. The molecule has 2 bridgehead atoms. The summed E-state index contributed by atoms with van der Waals surface area (Å²) in [7, 11) is 0. The van der Waals surface area contributed by atoms with Gasteiger partial charge in [-0.25, -0.2) is 0 Å². The zero-order valence-electron chi connectivity index (χ0n) is 12.3. The number of rotatable bonds is 2. The summed E-state index contributed by atoms with van der Waals surface area (Å²) in [6.45, 7) is 3.76. The predicted molar refractivity (Wildman–Crippen MR) is 78.2 cm³/mol. The summed E-state index contributed by atoms with van der Waals surface area (Å²) in [5.41, 5.74) is 2.56. The van der Waals surface area contributed by atoms with Crippen molar-refractivity contribution in [3.8, 4) is 17.1 Å². The molecule has 5 nitrogen and oxygen atoms in total. The van der Waals surface area contributed by atoms with Crippen LogP contribution < -0.4 is 5.32 Å². The van der Waals surface area contributed by atoms with Crippen molar-refractivity contribution in [2.45, 2.75) is 51.1 Å². The number of aryl methyl sites for hydroxylation is 2. The van der Waals surface area contributed by atoms with Gasteiger partial charge in [0.25, 0.3) is 0 Å². The fourth-order valence-electron chi connectivity index (χ4n) is 3.69. The normalized spacial score (nSPS) is 27.4. The van der Waals surface area contributed by atoms with Crippen LogP contribution in [0.15, 0.2) is 16.7 Å². The van der Waals surface area contributed by atoms with Gasteiger partial charge in [0.2, 0.25) is 11.7 Å². The molecule has 1 aromatic heterocycles. The summed E-state index contributed by atoms with van der Waals surface area (Å²) in [5.74, 6) is 2.04. The fourth-order valence-corrected chi connectivity index (χ4v) is 3.69. The number of nitrogens with zero attached hydrogens (tertiary/aromatic N) is 2. The Kier molecular flexibility index (Phi) is 2.79. The van der Waals surface area contributed by atoms with Crippen LogP contribution in [0.1, 0.15) is 42.2 Å². The Hall–Kier alpha value is -1.88. The average molecular weight is 285 g/mol. The molecule has 3 atom stereocenters. The van der Waals surface area contributed by atoms with E-state index in [1.807, 2.05) is 26.0 Å². The molecule has 3 unspecified atom stereocenters. The molecule has 5 heteroatoms. The SMILES string of the molecule is Cc1cc(-c2noc(C3CC4CCC3N4)n2)cc(C)c1O. The fraction of sp³-hybridized carbons (Fsp3) is 0.500. The summed E-state index contributed by atoms with van der Waals surface area (Å²) in [6, 6.07) is 4.91. The van der Waals surface area contributed by atoms with Gasteiger partial charge in [-0.15, -0.1) is 0 Å². The number of phenols is 1. The van der Waals surface area contributed by atoms with Gasteiger partial charge >= 0.3 is 0 Å². The second kappa shape index (κ2) is 4.56. The molecule has 0 aliphatic carbocycles. The van der Waals surface area contributed by atoms with Crippen LogP contribution in [0.3, 0.4) is 0 Å². The minimum atomic E-state index is 0.333. The molecular weight excluding hydrogens is 266 g/mol. The first kappa shape index (κ1) is 12.8. The van der Waals surface area contributed by atoms with Gasteiger partial charge in [-0.2, -0.15) is 4.98 Å². The van der Waals surface area contributed by atoms with Crippen molar-refractivity contribution in [3.63, 3.8) is 0 Å². The van der Waals surface area contributed by atoms with Crippen LogP contribution in [0.4, 0.5) is 0 Å². The highest BCUT2D eigenvalue weighted by Gasteiger charge is 2.42. The molecule has 110 valence electrons. The van der Waals surface area contributed by atoms with Crippen molar-refractivity contribution in [2.75, 3.05) is 0 Å². The van der Waals surface area contributed by atoms with E-state index in [1.54, 1.807) is 0 Å². The Balaban J connectivity index is 1.65. The molecule has 0 saturated carbocycles. The minimum absolute atomic E-state index is 0.333. The van der Waals surface area contributed by atoms with Crippen molar-refractivity contribution in [1.82, 2.24) is 15.5 Å². The number of aromatic hydroxyl groups is 1. The molecule has 2 aromatic rings. The maximum absolute atomic E-state index is 9.85. The Labute approximate surface area is 123 Å². The zero-order chi connectivity index (χ0) is 14.6. The largest absolute Gasteiger partial charge is 0.507 e. The third-order valence-corrected chi connectivity index (χ3v) is 4.81.